The van der Waals surface area contributed by atoms with Crippen LogP contribution in [0.15, 0.2) is 12.3 Å². The van der Waals surface area contributed by atoms with Crippen LogP contribution >= 0.6 is 0 Å². The number of nitrogens with zero attached hydrogens (tertiary/aromatic N) is 2. The van der Waals surface area contributed by atoms with Gasteiger partial charge >= 0.3 is 5.97 Å². The molecule has 0 amide bonds. The summed E-state index contributed by atoms with van der Waals surface area (Å²) in [5.41, 5.74) is 0.388. The van der Waals surface area contributed by atoms with Crippen LogP contribution in [0.5, 0.6) is 0 Å². The average Bonchev–Trinajstić information content (AvgIpc) is 2.93. The summed E-state index contributed by atoms with van der Waals surface area (Å²) >= 11 is 0. The molecule has 2 N–H and O–H groups in total. The predicted molar refractivity (Wildman–Crippen MR) is 68.3 cm³/mol. The Balaban J connectivity index is 2.04. The maximum atomic E-state index is 11.5. The normalized spacial score (nSPS) is 27.6. The first-order chi connectivity index (χ1) is 8.60. The van der Waals surface area contributed by atoms with Gasteiger partial charge in [0, 0.05) is 18.4 Å². The minimum absolute atomic E-state index is 0.184. The van der Waals surface area contributed by atoms with E-state index in [2.05, 4.69) is 10.4 Å². The lowest BCUT2D eigenvalue weighted by molar-refractivity contribution is -0.146. The van der Waals surface area contributed by atoms with E-state index in [4.69, 9.17) is 0 Å². The minimum Gasteiger partial charge on any atom is -0.480 e. The SMILES string of the molecule is CNC1(C(=O)O)CCCC1CCn1nccc1C. The third-order valence-electron chi connectivity index (χ3n) is 4.27. The van der Waals surface area contributed by atoms with Gasteiger partial charge in [0.25, 0.3) is 0 Å². The lowest BCUT2D eigenvalue weighted by atomic mass is 9.85. The van der Waals surface area contributed by atoms with Crippen LogP contribution < -0.4 is 5.32 Å². The second-order valence-electron chi connectivity index (χ2n) is 5.10. The molecule has 5 nitrogen and oxygen atoms in total. The van der Waals surface area contributed by atoms with Gasteiger partial charge in [-0.2, -0.15) is 5.10 Å². The molecule has 1 aromatic rings. The fraction of sp³-hybridized carbons (Fsp3) is 0.692. The van der Waals surface area contributed by atoms with E-state index < -0.39 is 11.5 Å². The second-order valence-corrected chi connectivity index (χ2v) is 5.10. The van der Waals surface area contributed by atoms with Gasteiger partial charge in [-0.05, 0) is 45.2 Å². The van der Waals surface area contributed by atoms with Gasteiger partial charge in [-0.3, -0.25) is 9.48 Å². The Bertz CT molecular complexity index is 430. The van der Waals surface area contributed by atoms with Crippen LogP contribution in [-0.4, -0.2) is 33.4 Å². The van der Waals surface area contributed by atoms with E-state index in [0.29, 0.717) is 0 Å². The van der Waals surface area contributed by atoms with Gasteiger partial charge in [0.15, 0.2) is 0 Å². The van der Waals surface area contributed by atoms with Crippen LogP contribution in [0.25, 0.3) is 0 Å². The van der Waals surface area contributed by atoms with Gasteiger partial charge < -0.3 is 10.4 Å². The van der Waals surface area contributed by atoms with Gasteiger partial charge in [-0.25, -0.2) is 0 Å². The summed E-state index contributed by atoms with van der Waals surface area (Å²) in [5, 5.41) is 16.7. The number of aryl methyl sites for hydroxylation is 2. The zero-order valence-electron chi connectivity index (χ0n) is 11.0. The van der Waals surface area contributed by atoms with E-state index in [1.165, 1.54) is 0 Å². The molecule has 18 heavy (non-hydrogen) atoms. The van der Waals surface area contributed by atoms with Crippen LogP contribution in [0.1, 0.15) is 31.4 Å². The molecule has 1 fully saturated rings. The fourth-order valence-corrected chi connectivity index (χ4v) is 3.10. The molecule has 5 heteroatoms. The molecule has 2 rings (SSSR count). The van der Waals surface area contributed by atoms with Crippen molar-refractivity contribution in [2.75, 3.05) is 7.05 Å². The van der Waals surface area contributed by atoms with Gasteiger partial charge in [-0.15, -0.1) is 0 Å². The maximum absolute atomic E-state index is 11.5. The lowest BCUT2D eigenvalue weighted by Gasteiger charge is -2.31. The third-order valence-corrected chi connectivity index (χ3v) is 4.27. The topological polar surface area (TPSA) is 67.2 Å². The van der Waals surface area contributed by atoms with Crippen molar-refractivity contribution < 1.29 is 9.90 Å². The van der Waals surface area contributed by atoms with Crippen LogP contribution in [0.4, 0.5) is 0 Å². The van der Waals surface area contributed by atoms with E-state index in [1.807, 2.05) is 17.7 Å². The number of nitrogens with one attached hydrogen (secondary N) is 1. The van der Waals surface area contributed by atoms with E-state index in [0.717, 1.165) is 37.9 Å². The highest BCUT2D eigenvalue weighted by molar-refractivity contribution is 5.79. The van der Waals surface area contributed by atoms with E-state index in [9.17, 15) is 9.90 Å². The number of carboxylic acid groups (broad SMARTS) is 1. The summed E-state index contributed by atoms with van der Waals surface area (Å²) in [7, 11) is 1.76. The largest absolute Gasteiger partial charge is 0.480 e. The predicted octanol–water partition coefficient (Wildman–Crippen LogP) is 1.42. The third kappa shape index (κ3) is 2.14. The standard InChI is InChI=1S/C13H21N3O2/c1-10-5-8-15-16(10)9-6-11-4-3-7-13(11,14-2)12(17)18/h5,8,11,14H,3-4,6-7,9H2,1-2H3,(H,17,18). The summed E-state index contributed by atoms with van der Waals surface area (Å²) in [6.07, 6.45) is 5.33. The summed E-state index contributed by atoms with van der Waals surface area (Å²) < 4.78 is 1.95. The molecule has 0 bridgehead atoms. The quantitative estimate of drug-likeness (QED) is 0.830. The van der Waals surface area contributed by atoms with Gasteiger partial charge in [0.05, 0.1) is 0 Å². The molecule has 1 saturated carbocycles. The maximum Gasteiger partial charge on any atom is 0.324 e. The first-order valence-corrected chi connectivity index (χ1v) is 6.51. The minimum atomic E-state index is -0.735. The Morgan fingerprint density at radius 3 is 3.06 bits per heavy atom. The van der Waals surface area contributed by atoms with Crippen LogP contribution in [-0.2, 0) is 11.3 Å². The molecule has 2 atom stereocenters. The fourth-order valence-electron chi connectivity index (χ4n) is 3.10. The van der Waals surface area contributed by atoms with Gasteiger partial charge in [0.2, 0.25) is 0 Å². The molecule has 1 aromatic heterocycles. The van der Waals surface area contributed by atoms with Crippen molar-refractivity contribution in [3.63, 3.8) is 0 Å². The molecular weight excluding hydrogens is 230 g/mol. The summed E-state index contributed by atoms with van der Waals surface area (Å²) in [4.78, 5) is 11.5. The average molecular weight is 251 g/mol. The molecule has 100 valence electrons. The number of aromatic nitrogens is 2. The molecular formula is C13H21N3O2. The van der Waals surface area contributed by atoms with Crippen molar-refractivity contribution >= 4 is 5.97 Å². The van der Waals surface area contributed by atoms with Crippen molar-refractivity contribution in [1.29, 1.82) is 0 Å². The van der Waals surface area contributed by atoms with Crippen molar-refractivity contribution in [2.24, 2.45) is 5.92 Å². The Kier molecular flexibility index (Phi) is 3.71. The molecule has 0 aliphatic heterocycles. The van der Waals surface area contributed by atoms with Crippen LogP contribution in [0.2, 0.25) is 0 Å². The Hall–Kier alpha value is -1.36. The number of aliphatic carboxylic acids is 1. The van der Waals surface area contributed by atoms with Gasteiger partial charge in [0.1, 0.15) is 5.54 Å². The Morgan fingerprint density at radius 1 is 1.72 bits per heavy atom. The highest BCUT2D eigenvalue weighted by atomic mass is 16.4. The number of carboxylic acids is 1. The smallest absolute Gasteiger partial charge is 0.324 e. The van der Waals surface area contributed by atoms with E-state index in [-0.39, 0.29) is 5.92 Å². The van der Waals surface area contributed by atoms with E-state index >= 15 is 0 Å². The highest BCUT2D eigenvalue weighted by Gasteiger charge is 2.47. The van der Waals surface area contributed by atoms with Gasteiger partial charge in [-0.1, -0.05) is 6.42 Å². The Labute approximate surface area is 107 Å². The molecule has 2 unspecified atom stereocenters. The number of hydrogen-bond donors (Lipinski definition) is 2. The van der Waals surface area contributed by atoms with Crippen molar-refractivity contribution in [3.8, 4) is 0 Å². The van der Waals surface area contributed by atoms with Crippen LogP contribution in [0, 0.1) is 12.8 Å². The van der Waals surface area contributed by atoms with Crippen molar-refractivity contribution in [2.45, 2.75) is 44.7 Å². The number of hydrogen-bond acceptors (Lipinski definition) is 3. The number of likely N-dealkylation sites (N-methyl/N-ethyl adjacent to an activating group) is 1. The lowest BCUT2D eigenvalue weighted by Crippen LogP contribution is -2.53. The summed E-state index contributed by atoms with van der Waals surface area (Å²) in [5.74, 6) is -0.534. The molecule has 1 heterocycles. The molecule has 1 aliphatic carbocycles. The van der Waals surface area contributed by atoms with E-state index in [1.54, 1.807) is 13.2 Å². The van der Waals surface area contributed by atoms with Crippen molar-refractivity contribution in [3.05, 3.63) is 18.0 Å². The Morgan fingerprint density at radius 2 is 2.50 bits per heavy atom. The molecule has 0 radical (unpaired) electrons. The summed E-state index contributed by atoms with van der Waals surface area (Å²) in [6.45, 7) is 2.81. The monoisotopic (exact) mass is 251 g/mol. The molecule has 0 aromatic carbocycles. The second kappa shape index (κ2) is 5.10. The summed E-state index contributed by atoms with van der Waals surface area (Å²) in [6, 6.07) is 1.97. The first-order valence-electron chi connectivity index (χ1n) is 6.51. The van der Waals surface area contributed by atoms with Crippen LogP contribution in [0.3, 0.4) is 0 Å². The molecule has 1 aliphatic rings. The number of rotatable bonds is 5. The first kappa shape index (κ1) is 13.1. The zero-order chi connectivity index (χ0) is 13.2. The number of carbonyl (C=O) groups is 1. The molecule has 0 saturated heterocycles. The molecule has 0 spiro atoms. The zero-order valence-corrected chi connectivity index (χ0v) is 11.0. The highest BCUT2D eigenvalue weighted by Crippen LogP contribution is 2.38. The van der Waals surface area contributed by atoms with Crippen molar-refractivity contribution in [1.82, 2.24) is 15.1 Å².